The molecule has 0 radical (unpaired) electrons. The van der Waals surface area contributed by atoms with Crippen LogP contribution in [0.2, 0.25) is 5.02 Å². The Labute approximate surface area is 251 Å². The third-order valence-corrected chi connectivity index (χ3v) is 6.60. The zero-order valence-electron chi connectivity index (χ0n) is 22.9. The predicted molar refractivity (Wildman–Crippen MR) is 159 cm³/mol. The minimum atomic E-state index is -0.525. The summed E-state index contributed by atoms with van der Waals surface area (Å²) in [5, 5.41) is 4.22. The molecule has 0 aliphatic rings. The first-order valence-corrected chi connectivity index (χ1v) is 13.9. The highest BCUT2D eigenvalue weighted by Crippen LogP contribution is 2.34. The number of nitrogens with one attached hydrogen (secondary N) is 1. The summed E-state index contributed by atoms with van der Waals surface area (Å²) >= 11 is 9.67. The number of esters is 1. The maximum atomic E-state index is 12.5. The largest absolute Gasteiger partial charge is 0.486 e. The van der Waals surface area contributed by atoms with Crippen LogP contribution in [0.15, 0.2) is 74.7 Å². The number of hydrazone groups is 1. The lowest BCUT2D eigenvalue weighted by Gasteiger charge is -2.12. The second kappa shape index (κ2) is 13.6. The number of hydrogen-bond donors (Lipinski definition) is 1. The number of halogens is 2. The molecule has 9 nitrogen and oxygen atoms in total. The van der Waals surface area contributed by atoms with E-state index in [-0.39, 0.29) is 30.1 Å². The number of carbonyl (C=O) groups is 2. The van der Waals surface area contributed by atoms with Gasteiger partial charge in [0.05, 0.1) is 21.8 Å². The molecule has 0 atom stereocenters. The number of carbonyl (C=O) groups excluding carboxylic acids is 2. The fourth-order valence-corrected chi connectivity index (χ4v) is 4.93. The molecule has 2 heterocycles. The van der Waals surface area contributed by atoms with Crippen molar-refractivity contribution in [2.24, 2.45) is 5.10 Å². The predicted octanol–water partition coefficient (Wildman–Crippen LogP) is 6.78. The van der Waals surface area contributed by atoms with E-state index in [1.165, 1.54) is 6.21 Å². The molecule has 4 aromatic rings. The first-order valence-electron chi connectivity index (χ1n) is 12.7. The summed E-state index contributed by atoms with van der Waals surface area (Å²) in [4.78, 5) is 24.2. The van der Waals surface area contributed by atoms with E-state index < -0.39 is 11.9 Å². The standard InChI is InChI=1S/C30H29BrClN3O6/c1-18(2)40-28(36)17-39-29-25(31)13-21(14-26(29)32)15-33-34-30(37)27-12-11-24(41-27)16-38-23-9-7-22(8-10-23)35-19(3)5-6-20(35)4/h5-15,18H,16-17H2,1-4H3,(H,34,37)/b33-15+. The van der Waals surface area contributed by atoms with E-state index in [1.807, 2.05) is 24.3 Å². The molecule has 0 spiro atoms. The van der Waals surface area contributed by atoms with Crippen LogP contribution in [0.25, 0.3) is 5.69 Å². The molecule has 0 aliphatic heterocycles. The summed E-state index contributed by atoms with van der Waals surface area (Å²) in [6.07, 6.45) is 1.17. The third kappa shape index (κ3) is 8.02. The van der Waals surface area contributed by atoms with Gasteiger partial charge in [0.25, 0.3) is 0 Å². The van der Waals surface area contributed by atoms with Gasteiger partial charge in [0.15, 0.2) is 18.1 Å². The molecule has 1 amide bonds. The Kier molecular flexibility index (Phi) is 9.91. The number of benzene rings is 2. The van der Waals surface area contributed by atoms with E-state index in [0.29, 0.717) is 27.3 Å². The number of nitrogens with zero attached hydrogens (tertiary/aromatic N) is 2. The monoisotopic (exact) mass is 641 g/mol. The van der Waals surface area contributed by atoms with Gasteiger partial charge in [-0.3, -0.25) is 4.79 Å². The van der Waals surface area contributed by atoms with Crippen molar-refractivity contribution in [1.29, 1.82) is 0 Å². The van der Waals surface area contributed by atoms with Gasteiger partial charge in [-0.2, -0.15) is 5.10 Å². The lowest BCUT2D eigenvalue weighted by atomic mass is 10.2. The molecular formula is C30H29BrClN3O6. The van der Waals surface area contributed by atoms with Crippen LogP contribution in [0, 0.1) is 13.8 Å². The van der Waals surface area contributed by atoms with Crippen molar-refractivity contribution >= 4 is 45.6 Å². The Morgan fingerprint density at radius 3 is 2.41 bits per heavy atom. The molecule has 0 bridgehead atoms. The zero-order valence-corrected chi connectivity index (χ0v) is 25.3. The van der Waals surface area contributed by atoms with Gasteiger partial charge in [0, 0.05) is 17.1 Å². The molecule has 2 aromatic carbocycles. The molecule has 2 aromatic heterocycles. The summed E-state index contributed by atoms with van der Waals surface area (Å²) < 4.78 is 24.6. The van der Waals surface area contributed by atoms with Gasteiger partial charge in [0.1, 0.15) is 18.1 Å². The van der Waals surface area contributed by atoms with Gasteiger partial charge in [-0.05, 0) is 110 Å². The highest BCUT2D eigenvalue weighted by molar-refractivity contribution is 9.10. The van der Waals surface area contributed by atoms with Gasteiger partial charge >= 0.3 is 11.9 Å². The number of amides is 1. The second-order valence-electron chi connectivity index (χ2n) is 9.34. The molecule has 0 unspecified atom stereocenters. The van der Waals surface area contributed by atoms with Gasteiger partial charge in [-0.15, -0.1) is 0 Å². The van der Waals surface area contributed by atoms with E-state index in [1.54, 1.807) is 38.1 Å². The third-order valence-electron chi connectivity index (χ3n) is 5.73. The summed E-state index contributed by atoms with van der Waals surface area (Å²) in [7, 11) is 0. The lowest BCUT2D eigenvalue weighted by Crippen LogP contribution is -2.19. The average molecular weight is 643 g/mol. The molecule has 214 valence electrons. The fourth-order valence-electron chi connectivity index (χ4n) is 3.94. The maximum Gasteiger partial charge on any atom is 0.344 e. The van der Waals surface area contributed by atoms with Gasteiger partial charge in [0.2, 0.25) is 0 Å². The first-order chi connectivity index (χ1) is 19.6. The Morgan fingerprint density at radius 2 is 1.76 bits per heavy atom. The van der Waals surface area contributed by atoms with Crippen molar-refractivity contribution in [1.82, 2.24) is 9.99 Å². The fraction of sp³-hybridized carbons (Fsp3) is 0.233. The molecule has 1 N–H and O–H groups in total. The Bertz CT molecular complexity index is 1520. The van der Waals surface area contributed by atoms with Crippen LogP contribution in [-0.2, 0) is 16.1 Å². The summed E-state index contributed by atoms with van der Waals surface area (Å²) in [6, 6.07) is 18.4. The topological polar surface area (TPSA) is 104 Å². The molecule has 0 saturated heterocycles. The number of aromatic nitrogens is 1. The van der Waals surface area contributed by atoms with Crippen LogP contribution >= 0.6 is 27.5 Å². The molecule has 41 heavy (non-hydrogen) atoms. The van der Waals surface area contributed by atoms with E-state index >= 15 is 0 Å². The number of furan rings is 1. The Hall–Kier alpha value is -4.02. The summed E-state index contributed by atoms with van der Waals surface area (Å²) in [6.45, 7) is 7.50. The van der Waals surface area contributed by atoms with Crippen LogP contribution in [0.4, 0.5) is 0 Å². The van der Waals surface area contributed by atoms with Crippen molar-refractivity contribution in [2.45, 2.75) is 40.4 Å². The van der Waals surface area contributed by atoms with Crippen molar-refractivity contribution in [3.05, 3.63) is 98.6 Å². The van der Waals surface area contributed by atoms with E-state index in [2.05, 4.69) is 57.0 Å². The molecule has 0 aliphatic carbocycles. The minimum absolute atomic E-state index is 0.0888. The van der Waals surface area contributed by atoms with Crippen molar-refractivity contribution in [3.8, 4) is 17.2 Å². The molecule has 4 rings (SSSR count). The van der Waals surface area contributed by atoms with E-state index in [4.69, 9.17) is 30.2 Å². The van der Waals surface area contributed by atoms with Crippen molar-refractivity contribution in [2.75, 3.05) is 6.61 Å². The smallest absolute Gasteiger partial charge is 0.344 e. The first kappa shape index (κ1) is 30.0. The second-order valence-corrected chi connectivity index (χ2v) is 10.6. The number of rotatable bonds is 11. The summed E-state index contributed by atoms with van der Waals surface area (Å²) in [5.41, 5.74) is 6.37. The highest BCUT2D eigenvalue weighted by Gasteiger charge is 2.14. The van der Waals surface area contributed by atoms with Crippen LogP contribution < -0.4 is 14.9 Å². The number of ether oxygens (including phenoxy) is 3. The number of hydrogen-bond acceptors (Lipinski definition) is 7. The SMILES string of the molecule is Cc1ccc(C)n1-c1ccc(OCc2ccc(C(=O)N/N=C/c3cc(Cl)c(OCC(=O)OC(C)C)c(Br)c3)o2)cc1. The number of aryl methyl sites for hydroxylation is 2. The van der Waals surface area contributed by atoms with Crippen LogP contribution in [0.3, 0.4) is 0 Å². The normalized spacial score (nSPS) is 11.2. The van der Waals surface area contributed by atoms with E-state index in [9.17, 15) is 9.59 Å². The molecule has 0 fully saturated rings. The Balaban J connectivity index is 1.28. The molecule has 11 heteroatoms. The van der Waals surface area contributed by atoms with Crippen molar-refractivity contribution in [3.63, 3.8) is 0 Å². The van der Waals surface area contributed by atoms with Gasteiger partial charge in [-0.25, -0.2) is 10.2 Å². The molecular weight excluding hydrogens is 614 g/mol. The average Bonchev–Trinajstić information content (AvgIpc) is 3.53. The quantitative estimate of drug-likeness (QED) is 0.110. The van der Waals surface area contributed by atoms with Gasteiger partial charge in [-0.1, -0.05) is 11.6 Å². The van der Waals surface area contributed by atoms with Crippen LogP contribution in [0.5, 0.6) is 11.5 Å². The highest BCUT2D eigenvalue weighted by atomic mass is 79.9. The van der Waals surface area contributed by atoms with Crippen LogP contribution in [-0.4, -0.2) is 35.4 Å². The Morgan fingerprint density at radius 1 is 1.05 bits per heavy atom. The van der Waals surface area contributed by atoms with Crippen molar-refractivity contribution < 1.29 is 28.2 Å². The van der Waals surface area contributed by atoms with Crippen LogP contribution in [0.1, 0.15) is 47.1 Å². The van der Waals surface area contributed by atoms with E-state index in [0.717, 1.165) is 17.1 Å². The minimum Gasteiger partial charge on any atom is -0.486 e. The summed E-state index contributed by atoms with van der Waals surface area (Å²) in [5.74, 6) is 0.523. The molecule has 0 saturated carbocycles. The zero-order chi connectivity index (χ0) is 29.5. The lowest BCUT2D eigenvalue weighted by molar-refractivity contribution is -0.149. The van der Waals surface area contributed by atoms with Gasteiger partial charge < -0.3 is 23.2 Å². The maximum absolute atomic E-state index is 12.5.